The standard InChI is InChI=1S/C30H25ClN6O5/c1-41-21-12-6-17(7-13-21)25(38)16-24-23(15-26(39)18-4-3-5-22(14-18)42-2)33-27-28(34-24)36-37-29(27)35-30(40)32-20-10-8-19(31)9-11-20/h3-14,27H,15-16H2,1-2H3,(H2,32,35,37,40). The van der Waals surface area contributed by atoms with E-state index in [4.69, 9.17) is 26.1 Å². The summed E-state index contributed by atoms with van der Waals surface area (Å²) in [6.07, 6.45) is -0.266. The first kappa shape index (κ1) is 28.4. The minimum Gasteiger partial charge on any atom is -0.497 e. The largest absolute Gasteiger partial charge is 0.497 e. The zero-order valence-corrected chi connectivity index (χ0v) is 23.4. The Labute approximate surface area is 246 Å². The highest BCUT2D eigenvalue weighted by molar-refractivity contribution is 6.51. The van der Waals surface area contributed by atoms with Gasteiger partial charge in [0.05, 0.1) is 38.5 Å². The van der Waals surface area contributed by atoms with Gasteiger partial charge in [-0.3, -0.25) is 19.9 Å². The lowest BCUT2D eigenvalue weighted by Crippen LogP contribution is -2.44. The number of halogens is 1. The number of amidine groups is 2. The lowest BCUT2D eigenvalue weighted by Gasteiger charge is -2.19. The lowest BCUT2D eigenvalue weighted by atomic mass is 9.96. The number of anilines is 1. The number of methoxy groups -OCH3 is 2. The van der Waals surface area contributed by atoms with Crippen molar-refractivity contribution in [3.63, 3.8) is 0 Å². The van der Waals surface area contributed by atoms with Gasteiger partial charge < -0.3 is 14.8 Å². The molecule has 0 spiro atoms. The second kappa shape index (κ2) is 12.6. The molecule has 2 heterocycles. The van der Waals surface area contributed by atoms with Crippen molar-refractivity contribution in [3.05, 3.63) is 88.9 Å². The van der Waals surface area contributed by atoms with Gasteiger partial charge in [0.25, 0.3) is 0 Å². The van der Waals surface area contributed by atoms with E-state index < -0.39 is 12.1 Å². The Hall–Kier alpha value is -5.16. The molecule has 1 atom stereocenters. The van der Waals surface area contributed by atoms with Crippen LogP contribution in [-0.4, -0.2) is 61.0 Å². The molecule has 0 saturated carbocycles. The quantitative estimate of drug-likeness (QED) is 0.340. The first-order chi connectivity index (χ1) is 20.3. The maximum absolute atomic E-state index is 13.3. The summed E-state index contributed by atoms with van der Waals surface area (Å²) in [5, 5.41) is 14.0. The van der Waals surface area contributed by atoms with Crippen LogP contribution in [0.2, 0.25) is 5.02 Å². The molecule has 3 aromatic rings. The molecule has 42 heavy (non-hydrogen) atoms. The number of Topliss-reactive ketones (excluding diaryl/α,β-unsaturated/α-hetero) is 2. The summed E-state index contributed by atoms with van der Waals surface area (Å²) in [5.74, 6) is 1.01. The number of fused-ring (bicyclic) bond motifs is 1. The van der Waals surface area contributed by atoms with Gasteiger partial charge in [0.2, 0.25) is 0 Å². The summed E-state index contributed by atoms with van der Waals surface area (Å²) in [4.78, 5) is 48.4. The second-order valence-electron chi connectivity index (χ2n) is 9.23. The number of aliphatic imine (C=N–C) groups is 2. The molecule has 2 aliphatic rings. The van der Waals surface area contributed by atoms with Gasteiger partial charge in [-0.15, -0.1) is 10.2 Å². The molecule has 0 saturated heterocycles. The first-order valence-corrected chi connectivity index (χ1v) is 13.2. The maximum Gasteiger partial charge on any atom is 0.324 e. The van der Waals surface area contributed by atoms with Crippen LogP contribution < -0.4 is 20.1 Å². The van der Waals surface area contributed by atoms with E-state index in [1.54, 1.807) is 79.9 Å². The monoisotopic (exact) mass is 584 g/mol. The highest BCUT2D eigenvalue weighted by Gasteiger charge is 2.34. The van der Waals surface area contributed by atoms with Crippen LogP contribution in [0.3, 0.4) is 0 Å². The summed E-state index contributed by atoms with van der Waals surface area (Å²) in [6.45, 7) is 0. The maximum atomic E-state index is 13.3. The fourth-order valence-corrected chi connectivity index (χ4v) is 4.37. The number of benzene rings is 3. The average molecular weight is 585 g/mol. The predicted molar refractivity (Wildman–Crippen MR) is 161 cm³/mol. The van der Waals surface area contributed by atoms with Crippen LogP contribution in [0.5, 0.6) is 11.5 Å². The van der Waals surface area contributed by atoms with Gasteiger partial charge in [0.15, 0.2) is 29.3 Å². The first-order valence-electron chi connectivity index (χ1n) is 12.8. The molecule has 2 amide bonds. The van der Waals surface area contributed by atoms with E-state index in [1.165, 1.54) is 7.11 Å². The molecule has 2 N–H and O–H groups in total. The van der Waals surface area contributed by atoms with Gasteiger partial charge in [-0.1, -0.05) is 23.7 Å². The van der Waals surface area contributed by atoms with Gasteiger partial charge in [-0.05, 0) is 60.7 Å². The Kier molecular flexibility index (Phi) is 8.49. The molecule has 0 bridgehead atoms. The van der Waals surface area contributed by atoms with E-state index in [0.29, 0.717) is 44.8 Å². The van der Waals surface area contributed by atoms with Crippen molar-refractivity contribution in [2.45, 2.75) is 18.9 Å². The van der Waals surface area contributed by atoms with Crippen LogP contribution >= 0.6 is 11.6 Å². The van der Waals surface area contributed by atoms with Crippen LogP contribution in [0.15, 0.2) is 93.0 Å². The van der Waals surface area contributed by atoms with Crippen molar-refractivity contribution >= 4 is 58.0 Å². The van der Waals surface area contributed by atoms with Crippen LogP contribution in [0.4, 0.5) is 10.5 Å². The number of nitrogens with zero attached hydrogens (tertiary/aromatic N) is 4. The SMILES string of the molecule is COc1ccc(C(=O)CC2=NC3=NN=C(NC(=O)Nc4ccc(Cl)cc4)C3N=C2CC(=O)c2cccc(OC)c2)cc1. The van der Waals surface area contributed by atoms with E-state index in [1.807, 2.05) is 0 Å². The number of carbonyl (C=O) groups excluding carboxylic acids is 3. The van der Waals surface area contributed by atoms with Crippen molar-refractivity contribution in [3.8, 4) is 11.5 Å². The van der Waals surface area contributed by atoms with Crippen molar-refractivity contribution in [2.75, 3.05) is 19.5 Å². The van der Waals surface area contributed by atoms with Gasteiger partial charge >= 0.3 is 6.03 Å². The molecule has 1 unspecified atom stereocenters. The topological polar surface area (TPSA) is 143 Å². The highest BCUT2D eigenvalue weighted by atomic mass is 35.5. The van der Waals surface area contributed by atoms with E-state index in [9.17, 15) is 14.4 Å². The van der Waals surface area contributed by atoms with Crippen LogP contribution in [0.1, 0.15) is 33.6 Å². The fourth-order valence-electron chi connectivity index (χ4n) is 4.25. The van der Waals surface area contributed by atoms with Gasteiger partial charge in [-0.2, -0.15) is 0 Å². The minimum absolute atomic E-state index is 0.123. The zero-order chi connectivity index (χ0) is 29.6. The third-order valence-electron chi connectivity index (χ3n) is 6.43. The Balaban J connectivity index is 1.37. The average Bonchev–Trinajstić information content (AvgIpc) is 3.39. The van der Waals surface area contributed by atoms with Crippen molar-refractivity contribution in [1.29, 1.82) is 0 Å². The molecule has 11 nitrogen and oxygen atoms in total. The molecular weight excluding hydrogens is 560 g/mol. The Morgan fingerprint density at radius 1 is 0.786 bits per heavy atom. The summed E-state index contributed by atoms with van der Waals surface area (Å²) in [5.41, 5.74) is 1.97. The van der Waals surface area contributed by atoms with Crippen LogP contribution in [0.25, 0.3) is 0 Å². The molecular formula is C30H25ClN6O5. The van der Waals surface area contributed by atoms with E-state index >= 15 is 0 Å². The van der Waals surface area contributed by atoms with Crippen molar-refractivity contribution < 1.29 is 23.9 Å². The summed E-state index contributed by atoms with van der Waals surface area (Å²) in [6, 6.07) is 18.6. The molecule has 0 radical (unpaired) electrons. The van der Waals surface area contributed by atoms with Gasteiger partial charge in [-0.25, -0.2) is 9.79 Å². The molecule has 0 aromatic heterocycles. The zero-order valence-electron chi connectivity index (χ0n) is 22.6. The highest BCUT2D eigenvalue weighted by Crippen LogP contribution is 2.21. The number of urea groups is 1. The van der Waals surface area contributed by atoms with Gasteiger partial charge in [0.1, 0.15) is 11.5 Å². The Morgan fingerprint density at radius 3 is 2.19 bits per heavy atom. The molecule has 12 heteroatoms. The fraction of sp³-hybridized carbons (Fsp3) is 0.167. The predicted octanol–water partition coefficient (Wildman–Crippen LogP) is 5.01. The molecule has 5 rings (SSSR count). The Morgan fingerprint density at radius 2 is 1.48 bits per heavy atom. The molecule has 0 fully saturated rings. The number of ether oxygens (including phenoxy) is 2. The third kappa shape index (κ3) is 6.58. The summed E-state index contributed by atoms with van der Waals surface area (Å²) < 4.78 is 10.4. The number of carbonyl (C=O) groups is 3. The van der Waals surface area contributed by atoms with Crippen molar-refractivity contribution in [2.24, 2.45) is 20.2 Å². The molecule has 2 aliphatic heterocycles. The third-order valence-corrected chi connectivity index (χ3v) is 6.69. The number of rotatable bonds is 9. The van der Waals surface area contributed by atoms with Crippen molar-refractivity contribution in [1.82, 2.24) is 5.32 Å². The number of ketones is 2. The number of amides is 2. The number of nitrogens with one attached hydrogen (secondary N) is 2. The van der Waals surface area contributed by atoms with Gasteiger partial charge in [0, 0.05) is 21.8 Å². The normalized spacial score (nSPS) is 15.4. The summed E-state index contributed by atoms with van der Waals surface area (Å²) >= 11 is 5.91. The summed E-state index contributed by atoms with van der Waals surface area (Å²) in [7, 11) is 3.06. The van der Waals surface area contributed by atoms with E-state index in [0.717, 1.165) is 0 Å². The van der Waals surface area contributed by atoms with E-state index in [2.05, 4.69) is 25.8 Å². The minimum atomic E-state index is -0.853. The second-order valence-corrected chi connectivity index (χ2v) is 9.66. The molecule has 3 aromatic carbocycles. The molecule has 212 valence electrons. The van der Waals surface area contributed by atoms with Crippen LogP contribution in [-0.2, 0) is 0 Å². The number of hydrogen-bond acceptors (Lipinski definition) is 9. The van der Waals surface area contributed by atoms with E-state index in [-0.39, 0.29) is 36.1 Å². The smallest absolute Gasteiger partial charge is 0.324 e. The lowest BCUT2D eigenvalue weighted by molar-refractivity contribution is 0.0989. The Bertz CT molecular complexity index is 1660. The number of hydrogen-bond donors (Lipinski definition) is 2. The van der Waals surface area contributed by atoms with Crippen LogP contribution in [0, 0.1) is 0 Å². The molecule has 0 aliphatic carbocycles.